The first-order chi connectivity index (χ1) is 10.8. The van der Waals surface area contributed by atoms with Gasteiger partial charge in [0, 0.05) is 18.6 Å². The molecule has 1 amide bonds. The Balaban J connectivity index is 2.43. The van der Waals surface area contributed by atoms with Crippen molar-refractivity contribution in [3.05, 3.63) is 0 Å². The average Bonchev–Trinajstić information content (AvgIpc) is 2.48. The fraction of sp³-hybridized carbons (Fsp3) is 0.947. The molecular weight excluding hydrogens is 288 g/mol. The number of alkyl carbamates (subject to hydrolysis) is 1. The first-order valence-corrected chi connectivity index (χ1v) is 9.57. The second kappa shape index (κ2) is 10.2. The number of ether oxygens (including phenoxy) is 1. The zero-order valence-electron chi connectivity index (χ0n) is 15.9. The Bertz CT molecular complexity index is 339. The first-order valence-electron chi connectivity index (χ1n) is 9.57. The number of carbonyl (C=O) groups excluding carboxylic acids is 1. The van der Waals surface area contributed by atoms with E-state index in [1.165, 1.54) is 44.9 Å². The van der Waals surface area contributed by atoms with Crippen LogP contribution >= 0.6 is 0 Å². The molecule has 0 heterocycles. The highest BCUT2D eigenvalue weighted by Crippen LogP contribution is 2.27. The molecule has 136 valence electrons. The molecule has 0 aromatic heterocycles. The highest BCUT2D eigenvalue weighted by molar-refractivity contribution is 5.67. The number of carbonyl (C=O) groups is 1. The molecule has 1 aliphatic carbocycles. The second-order valence-electron chi connectivity index (χ2n) is 8.03. The van der Waals surface area contributed by atoms with Crippen LogP contribution in [-0.2, 0) is 4.74 Å². The zero-order valence-corrected chi connectivity index (χ0v) is 15.9. The van der Waals surface area contributed by atoms with E-state index in [2.05, 4.69) is 24.5 Å². The number of amides is 1. The monoisotopic (exact) mass is 326 g/mol. The minimum atomic E-state index is -0.436. The molecule has 1 rings (SSSR count). The maximum atomic E-state index is 11.9. The topological polar surface area (TPSA) is 50.4 Å². The van der Waals surface area contributed by atoms with Crippen molar-refractivity contribution in [1.29, 1.82) is 0 Å². The summed E-state index contributed by atoms with van der Waals surface area (Å²) in [5.74, 6) is 0.867. The second-order valence-corrected chi connectivity index (χ2v) is 8.03. The van der Waals surface area contributed by atoms with E-state index in [-0.39, 0.29) is 6.09 Å². The quantitative estimate of drug-likeness (QED) is 0.684. The normalized spacial score (nSPS) is 23.3. The molecule has 4 nitrogen and oxygen atoms in total. The van der Waals surface area contributed by atoms with E-state index in [0.29, 0.717) is 18.6 Å². The molecule has 0 bridgehead atoms. The van der Waals surface area contributed by atoms with Gasteiger partial charge in [-0.3, -0.25) is 0 Å². The maximum absolute atomic E-state index is 11.9. The number of unbranched alkanes of at least 4 members (excludes halogenated alkanes) is 1. The predicted molar refractivity (Wildman–Crippen MR) is 96.7 cm³/mol. The van der Waals surface area contributed by atoms with Gasteiger partial charge >= 0.3 is 6.09 Å². The van der Waals surface area contributed by atoms with Crippen molar-refractivity contribution < 1.29 is 9.53 Å². The van der Waals surface area contributed by atoms with Gasteiger partial charge in [-0.2, -0.15) is 0 Å². The number of hydrogen-bond acceptors (Lipinski definition) is 3. The summed E-state index contributed by atoms with van der Waals surface area (Å²) in [6.45, 7) is 10.9. The molecule has 0 aromatic rings. The van der Waals surface area contributed by atoms with E-state index < -0.39 is 5.60 Å². The van der Waals surface area contributed by atoms with Gasteiger partial charge in [0.25, 0.3) is 0 Å². The zero-order chi connectivity index (χ0) is 17.3. The molecule has 3 atom stereocenters. The van der Waals surface area contributed by atoms with E-state index in [9.17, 15) is 4.79 Å². The predicted octanol–water partition coefficient (Wildman–Crippen LogP) is 4.63. The first kappa shape index (κ1) is 20.3. The van der Waals surface area contributed by atoms with Gasteiger partial charge in [-0.15, -0.1) is 0 Å². The van der Waals surface area contributed by atoms with Gasteiger partial charge in [0.15, 0.2) is 0 Å². The Kier molecular flexibility index (Phi) is 8.96. The van der Waals surface area contributed by atoms with Crippen LogP contribution in [0.1, 0.15) is 86.0 Å². The van der Waals surface area contributed by atoms with E-state index in [4.69, 9.17) is 4.74 Å². The van der Waals surface area contributed by atoms with Crippen molar-refractivity contribution in [3.8, 4) is 0 Å². The number of rotatable bonds is 8. The molecule has 0 spiro atoms. The summed E-state index contributed by atoms with van der Waals surface area (Å²) in [6.07, 6.45) is 9.73. The number of nitrogens with one attached hydrogen (secondary N) is 2. The molecule has 0 aliphatic heterocycles. The van der Waals surface area contributed by atoms with Crippen LogP contribution in [0.15, 0.2) is 0 Å². The van der Waals surface area contributed by atoms with Crippen LogP contribution in [-0.4, -0.2) is 30.3 Å². The molecule has 4 heteroatoms. The Morgan fingerprint density at radius 3 is 2.61 bits per heavy atom. The molecule has 2 N–H and O–H groups in total. The smallest absolute Gasteiger partial charge is 0.407 e. The molecule has 1 saturated carbocycles. The lowest BCUT2D eigenvalue weighted by atomic mass is 9.84. The average molecular weight is 327 g/mol. The Morgan fingerprint density at radius 1 is 1.26 bits per heavy atom. The minimum absolute atomic E-state index is 0.309. The molecule has 0 radical (unpaired) electrons. The van der Waals surface area contributed by atoms with Crippen molar-refractivity contribution in [3.63, 3.8) is 0 Å². The van der Waals surface area contributed by atoms with Gasteiger partial charge in [-0.05, 0) is 46.0 Å². The van der Waals surface area contributed by atoms with Crippen molar-refractivity contribution in [1.82, 2.24) is 10.6 Å². The SMILES string of the molecule is CCCCC(CNC(=O)OC(C)(C)C)NC1CCCC(CC)C1. The van der Waals surface area contributed by atoms with Gasteiger partial charge in [0.2, 0.25) is 0 Å². The summed E-state index contributed by atoms with van der Waals surface area (Å²) in [5.41, 5.74) is -0.436. The highest BCUT2D eigenvalue weighted by Gasteiger charge is 2.23. The molecule has 0 saturated heterocycles. The van der Waals surface area contributed by atoms with Crippen molar-refractivity contribution >= 4 is 6.09 Å². The van der Waals surface area contributed by atoms with Crippen LogP contribution in [0.5, 0.6) is 0 Å². The molecule has 0 aromatic carbocycles. The summed E-state index contributed by atoms with van der Waals surface area (Å²) >= 11 is 0. The van der Waals surface area contributed by atoms with Crippen LogP contribution in [0.4, 0.5) is 4.79 Å². The maximum Gasteiger partial charge on any atom is 0.407 e. The van der Waals surface area contributed by atoms with Crippen molar-refractivity contribution in [2.24, 2.45) is 5.92 Å². The third-order valence-electron chi connectivity index (χ3n) is 4.63. The lowest BCUT2D eigenvalue weighted by Crippen LogP contribution is -2.47. The standard InChI is InChI=1S/C19H38N2O2/c1-6-8-11-17(14-20-18(22)23-19(3,4)5)21-16-12-9-10-15(7-2)13-16/h15-17,21H,6-14H2,1-5H3,(H,20,22). The van der Waals surface area contributed by atoms with Gasteiger partial charge in [0.05, 0.1) is 0 Å². The summed E-state index contributed by atoms with van der Waals surface area (Å²) in [6, 6.07) is 0.957. The van der Waals surface area contributed by atoms with Crippen molar-refractivity contribution in [2.75, 3.05) is 6.54 Å². The van der Waals surface area contributed by atoms with Crippen LogP contribution in [0, 0.1) is 5.92 Å². The van der Waals surface area contributed by atoms with Gasteiger partial charge in [-0.25, -0.2) is 4.79 Å². The third-order valence-corrected chi connectivity index (χ3v) is 4.63. The molecule has 1 aliphatic rings. The summed E-state index contributed by atoms with van der Waals surface area (Å²) in [5, 5.41) is 6.74. The fourth-order valence-electron chi connectivity index (χ4n) is 3.36. The van der Waals surface area contributed by atoms with Crippen LogP contribution in [0.25, 0.3) is 0 Å². The van der Waals surface area contributed by atoms with E-state index in [1.807, 2.05) is 20.8 Å². The van der Waals surface area contributed by atoms with Crippen LogP contribution in [0.3, 0.4) is 0 Å². The molecule has 1 fully saturated rings. The van der Waals surface area contributed by atoms with Gasteiger partial charge < -0.3 is 15.4 Å². The van der Waals surface area contributed by atoms with E-state index in [0.717, 1.165) is 12.3 Å². The van der Waals surface area contributed by atoms with Gasteiger partial charge in [0.1, 0.15) is 5.60 Å². The summed E-state index contributed by atoms with van der Waals surface area (Å²) < 4.78 is 5.34. The Labute approximate surface area is 143 Å². The van der Waals surface area contributed by atoms with Crippen molar-refractivity contribution in [2.45, 2.75) is 104 Å². The summed E-state index contributed by atoms with van der Waals surface area (Å²) in [4.78, 5) is 11.9. The lowest BCUT2D eigenvalue weighted by molar-refractivity contribution is 0.0520. The lowest BCUT2D eigenvalue weighted by Gasteiger charge is -2.33. The number of hydrogen-bond donors (Lipinski definition) is 2. The van der Waals surface area contributed by atoms with Crippen LogP contribution in [0.2, 0.25) is 0 Å². The van der Waals surface area contributed by atoms with Crippen LogP contribution < -0.4 is 10.6 Å². The minimum Gasteiger partial charge on any atom is -0.444 e. The fourth-order valence-corrected chi connectivity index (χ4v) is 3.36. The third kappa shape index (κ3) is 9.19. The largest absolute Gasteiger partial charge is 0.444 e. The Hall–Kier alpha value is -0.770. The molecular formula is C19H38N2O2. The van der Waals surface area contributed by atoms with E-state index in [1.54, 1.807) is 0 Å². The highest BCUT2D eigenvalue weighted by atomic mass is 16.6. The summed E-state index contributed by atoms with van der Waals surface area (Å²) in [7, 11) is 0. The van der Waals surface area contributed by atoms with E-state index >= 15 is 0 Å². The van der Waals surface area contributed by atoms with Gasteiger partial charge in [-0.1, -0.05) is 46.0 Å². The molecule has 3 unspecified atom stereocenters. The molecule has 23 heavy (non-hydrogen) atoms. The Morgan fingerprint density at radius 2 is 2.00 bits per heavy atom.